The lowest BCUT2D eigenvalue weighted by Crippen LogP contribution is -2.23. The first-order chi connectivity index (χ1) is 7.63. The SMILES string of the molecule is CNCC(C)CNc1cc([N+](=O)[O-])ccn1. The van der Waals surface area contributed by atoms with Gasteiger partial charge in [-0.15, -0.1) is 0 Å². The van der Waals surface area contributed by atoms with Crippen LogP contribution in [0.1, 0.15) is 6.92 Å². The van der Waals surface area contributed by atoms with E-state index in [9.17, 15) is 10.1 Å². The lowest BCUT2D eigenvalue weighted by Gasteiger charge is -2.11. The summed E-state index contributed by atoms with van der Waals surface area (Å²) in [6, 6.07) is 2.81. The Bertz CT molecular complexity index is 356. The summed E-state index contributed by atoms with van der Waals surface area (Å²) in [5.74, 6) is 0.975. The minimum atomic E-state index is -0.427. The van der Waals surface area contributed by atoms with Gasteiger partial charge in [0.2, 0.25) is 0 Å². The number of pyridine rings is 1. The molecule has 0 saturated carbocycles. The summed E-state index contributed by atoms with van der Waals surface area (Å²) < 4.78 is 0. The highest BCUT2D eigenvalue weighted by Crippen LogP contribution is 2.14. The molecule has 0 aromatic carbocycles. The molecule has 1 rings (SSSR count). The van der Waals surface area contributed by atoms with Crippen molar-refractivity contribution in [2.75, 3.05) is 25.5 Å². The van der Waals surface area contributed by atoms with Crippen LogP contribution in [-0.4, -0.2) is 30.0 Å². The molecule has 6 heteroatoms. The first-order valence-corrected chi connectivity index (χ1v) is 5.12. The van der Waals surface area contributed by atoms with E-state index in [1.807, 2.05) is 7.05 Å². The van der Waals surface area contributed by atoms with Gasteiger partial charge in [-0.2, -0.15) is 0 Å². The van der Waals surface area contributed by atoms with Gasteiger partial charge in [-0.25, -0.2) is 4.98 Å². The quantitative estimate of drug-likeness (QED) is 0.561. The molecule has 0 saturated heterocycles. The molecule has 0 radical (unpaired) electrons. The van der Waals surface area contributed by atoms with Crippen molar-refractivity contribution in [2.24, 2.45) is 5.92 Å². The highest BCUT2D eigenvalue weighted by molar-refractivity contribution is 5.44. The van der Waals surface area contributed by atoms with E-state index in [1.165, 1.54) is 18.3 Å². The van der Waals surface area contributed by atoms with Crippen LogP contribution in [0.2, 0.25) is 0 Å². The molecule has 1 atom stereocenters. The number of anilines is 1. The average molecular weight is 224 g/mol. The summed E-state index contributed by atoms with van der Waals surface area (Å²) in [6.45, 7) is 3.71. The highest BCUT2D eigenvalue weighted by atomic mass is 16.6. The normalized spacial score (nSPS) is 12.1. The molecule has 1 unspecified atom stereocenters. The van der Waals surface area contributed by atoms with Gasteiger partial charge in [-0.1, -0.05) is 6.92 Å². The van der Waals surface area contributed by atoms with E-state index >= 15 is 0 Å². The van der Waals surface area contributed by atoms with E-state index in [0.717, 1.165) is 13.1 Å². The van der Waals surface area contributed by atoms with Crippen LogP contribution < -0.4 is 10.6 Å². The van der Waals surface area contributed by atoms with E-state index in [1.54, 1.807) is 0 Å². The van der Waals surface area contributed by atoms with Gasteiger partial charge in [0.05, 0.1) is 11.0 Å². The maximum Gasteiger partial charge on any atom is 0.274 e. The third-order valence-electron chi connectivity index (χ3n) is 2.14. The topological polar surface area (TPSA) is 80.1 Å². The largest absolute Gasteiger partial charge is 0.370 e. The van der Waals surface area contributed by atoms with Crippen molar-refractivity contribution in [3.8, 4) is 0 Å². The summed E-state index contributed by atoms with van der Waals surface area (Å²) in [5, 5.41) is 16.7. The second-order valence-corrected chi connectivity index (χ2v) is 3.70. The first kappa shape index (κ1) is 12.4. The fourth-order valence-corrected chi connectivity index (χ4v) is 1.33. The van der Waals surface area contributed by atoms with Crippen LogP contribution in [-0.2, 0) is 0 Å². The van der Waals surface area contributed by atoms with Gasteiger partial charge in [-0.3, -0.25) is 10.1 Å². The van der Waals surface area contributed by atoms with Gasteiger partial charge < -0.3 is 10.6 Å². The van der Waals surface area contributed by atoms with Crippen LogP contribution in [0, 0.1) is 16.0 Å². The number of hydrogen-bond donors (Lipinski definition) is 2. The fourth-order valence-electron chi connectivity index (χ4n) is 1.33. The minimum Gasteiger partial charge on any atom is -0.370 e. The summed E-state index contributed by atoms with van der Waals surface area (Å²) in [5.41, 5.74) is 0.0544. The molecule has 6 nitrogen and oxygen atoms in total. The van der Waals surface area contributed by atoms with Gasteiger partial charge in [0, 0.05) is 18.8 Å². The van der Waals surface area contributed by atoms with Gasteiger partial charge in [0.1, 0.15) is 5.82 Å². The zero-order valence-electron chi connectivity index (χ0n) is 9.43. The van der Waals surface area contributed by atoms with Crippen molar-refractivity contribution in [2.45, 2.75) is 6.92 Å². The zero-order chi connectivity index (χ0) is 12.0. The van der Waals surface area contributed by atoms with Crippen molar-refractivity contribution < 1.29 is 4.92 Å². The van der Waals surface area contributed by atoms with Crippen LogP contribution in [0.5, 0.6) is 0 Å². The number of nitrogens with zero attached hydrogens (tertiary/aromatic N) is 2. The average Bonchev–Trinajstić information content (AvgIpc) is 2.27. The molecule has 88 valence electrons. The molecule has 1 heterocycles. The third kappa shape index (κ3) is 3.82. The summed E-state index contributed by atoms with van der Waals surface area (Å²) in [7, 11) is 1.89. The Morgan fingerprint density at radius 2 is 2.31 bits per heavy atom. The Balaban J connectivity index is 2.54. The lowest BCUT2D eigenvalue weighted by molar-refractivity contribution is -0.384. The monoisotopic (exact) mass is 224 g/mol. The maximum absolute atomic E-state index is 10.5. The lowest BCUT2D eigenvalue weighted by atomic mass is 10.2. The van der Waals surface area contributed by atoms with Crippen molar-refractivity contribution in [3.63, 3.8) is 0 Å². The maximum atomic E-state index is 10.5. The number of hydrogen-bond acceptors (Lipinski definition) is 5. The van der Waals surface area contributed by atoms with E-state index in [0.29, 0.717) is 11.7 Å². The Kier molecular flexibility index (Phi) is 4.65. The summed E-state index contributed by atoms with van der Waals surface area (Å²) >= 11 is 0. The molecule has 0 spiro atoms. The van der Waals surface area contributed by atoms with E-state index < -0.39 is 4.92 Å². The first-order valence-electron chi connectivity index (χ1n) is 5.12. The van der Waals surface area contributed by atoms with Crippen molar-refractivity contribution in [3.05, 3.63) is 28.4 Å². The highest BCUT2D eigenvalue weighted by Gasteiger charge is 2.07. The molecular formula is C10H16N4O2. The Morgan fingerprint density at radius 1 is 1.56 bits per heavy atom. The smallest absolute Gasteiger partial charge is 0.274 e. The molecule has 1 aromatic rings. The zero-order valence-corrected chi connectivity index (χ0v) is 9.43. The standard InChI is InChI=1S/C10H16N4O2/c1-8(6-11-2)7-13-10-5-9(14(15)16)3-4-12-10/h3-5,8,11H,6-7H2,1-2H3,(H,12,13). The molecule has 0 amide bonds. The molecule has 0 fully saturated rings. The number of nitro groups is 1. The van der Waals surface area contributed by atoms with E-state index in [2.05, 4.69) is 22.5 Å². The minimum absolute atomic E-state index is 0.0544. The van der Waals surface area contributed by atoms with Gasteiger partial charge in [0.15, 0.2) is 0 Å². The fraction of sp³-hybridized carbons (Fsp3) is 0.500. The van der Waals surface area contributed by atoms with Crippen LogP contribution in [0.15, 0.2) is 18.3 Å². The molecular weight excluding hydrogens is 208 g/mol. The number of aromatic nitrogens is 1. The molecule has 2 N–H and O–H groups in total. The van der Waals surface area contributed by atoms with Crippen LogP contribution in [0.25, 0.3) is 0 Å². The predicted molar refractivity (Wildman–Crippen MR) is 62.5 cm³/mol. The number of rotatable bonds is 6. The van der Waals surface area contributed by atoms with Crippen LogP contribution >= 0.6 is 0 Å². The van der Waals surface area contributed by atoms with Crippen LogP contribution in [0.3, 0.4) is 0 Å². The summed E-state index contributed by atoms with van der Waals surface area (Å²) in [4.78, 5) is 14.1. The van der Waals surface area contributed by atoms with Gasteiger partial charge >= 0.3 is 0 Å². The van der Waals surface area contributed by atoms with Crippen molar-refractivity contribution >= 4 is 11.5 Å². The molecule has 0 aliphatic rings. The second kappa shape index (κ2) is 6.02. The van der Waals surface area contributed by atoms with E-state index in [-0.39, 0.29) is 5.69 Å². The Morgan fingerprint density at radius 3 is 2.94 bits per heavy atom. The molecule has 0 aliphatic heterocycles. The molecule has 1 aromatic heterocycles. The van der Waals surface area contributed by atoms with E-state index in [4.69, 9.17) is 0 Å². The second-order valence-electron chi connectivity index (χ2n) is 3.70. The number of nitrogens with one attached hydrogen (secondary N) is 2. The molecule has 16 heavy (non-hydrogen) atoms. The predicted octanol–water partition coefficient (Wildman–Crippen LogP) is 1.26. The Labute approximate surface area is 94.2 Å². The molecule has 0 bridgehead atoms. The van der Waals surface area contributed by atoms with Gasteiger partial charge in [-0.05, 0) is 19.5 Å². The molecule has 0 aliphatic carbocycles. The van der Waals surface area contributed by atoms with Crippen LogP contribution in [0.4, 0.5) is 11.5 Å². The van der Waals surface area contributed by atoms with Crippen molar-refractivity contribution in [1.82, 2.24) is 10.3 Å². The Hall–Kier alpha value is -1.69. The summed E-state index contributed by atoms with van der Waals surface area (Å²) in [6.07, 6.45) is 1.43. The third-order valence-corrected chi connectivity index (χ3v) is 2.14. The van der Waals surface area contributed by atoms with Gasteiger partial charge in [0.25, 0.3) is 5.69 Å². The van der Waals surface area contributed by atoms with Crippen molar-refractivity contribution in [1.29, 1.82) is 0 Å².